The third-order valence-corrected chi connectivity index (χ3v) is 3.24. The molecule has 1 aliphatic carbocycles. The van der Waals surface area contributed by atoms with Crippen LogP contribution in [-0.4, -0.2) is 29.0 Å². The molecule has 18 heavy (non-hydrogen) atoms. The van der Waals surface area contributed by atoms with Crippen LogP contribution in [0.15, 0.2) is 12.4 Å². The Morgan fingerprint density at radius 2 is 2.28 bits per heavy atom. The second-order valence-electron chi connectivity index (χ2n) is 4.84. The summed E-state index contributed by atoms with van der Waals surface area (Å²) in [6.45, 7) is 5.64. The van der Waals surface area contributed by atoms with Gasteiger partial charge in [-0.15, -0.1) is 0 Å². The molecule has 5 nitrogen and oxygen atoms in total. The highest BCUT2D eigenvalue weighted by molar-refractivity contribution is 5.92. The van der Waals surface area contributed by atoms with Crippen LogP contribution in [0.25, 0.3) is 0 Å². The number of carbonyl (C=O) groups is 1. The fraction of sp³-hybridized carbons (Fsp3) is 0.615. The predicted molar refractivity (Wildman–Crippen MR) is 70.4 cm³/mol. The van der Waals surface area contributed by atoms with Crippen molar-refractivity contribution in [2.75, 3.05) is 18.4 Å². The molecule has 1 saturated carbocycles. The topological polar surface area (TPSA) is 66.9 Å². The lowest BCUT2D eigenvalue weighted by Crippen LogP contribution is -2.29. The number of hydrogen-bond acceptors (Lipinski definition) is 4. The molecule has 2 N–H and O–H groups in total. The smallest absolute Gasteiger partial charge is 0.271 e. The molecule has 5 heteroatoms. The highest BCUT2D eigenvalue weighted by Gasteiger charge is 2.28. The van der Waals surface area contributed by atoms with Crippen LogP contribution in [0.1, 0.15) is 37.2 Å². The van der Waals surface area contributed by atoms with E-state index in [1.54, 1.807) is 6.20 Å². The van der Waals surface area contributed by atoms with Crippen LogP contribution >= 0.6 is 0 Å². The summed E-state index contributed by atoms with van der Waals surface area (Å²) in [5, 5.41) is 5.96. The second-order valence-corrected chi connectivity index (χ2v) is 4.84. The van der Waals surface area contributed by atoms with Crippen molar-refractivity contribution >= 4 is 11.7 Å². The lowest BCUT2D eigenvalue weighted by molar-refractivity contribution is 0.0941. The van der Waals surface area contributed by atoms with Crippen molar-refractivity contribution in [1.82, 2.24) is 15.3 Å². The molecule has 1 amide bonds. The molecule has 1 fully saturated rings. The Morgan fingerprint density at radius 3 is 2.94 bits per heavy atom. The maximum absolute atomic E-state index is 11.9. The standard InChI is InChI=1S/C13H20N4O/c1-3-15-12-8-14-7-11(17-12)13(18)16-6-9(2)10-4-5-10/h7-10H,3-6H2,1-2H3,(H,15,17)(H,16,18). The van der Waals surface area contributed by atoms with Crippen molar-refractivity contribution in [3.05, 3.63) is 18.1 Å². The third-order valence-electron chi connectivity index (χ3n) is 3.24. The molecule has 1 aromatic rings. The van der Waals surface area contributed by atoms with Gasteiger partial charge in [0, 0.05) is 13.1 Å². The van der Waals surface area contributed by atoms with Crippen LogP contribution in [0.4, 0.5) is 5.82 Å². The van der Waals surface area contributed by atoms with E-state index in [1.165, 1.54) is 19.0 Å². The number of carbonyl (C=O) groups excluding carboxylic acids is 1. The van der Waals surface area contributed by atoms with Crippen molar-refractivity contribution in [3.8, 4) is 0 Å². The lowest BCUT2D eigenvalue weighted by atomic mass is 10.1. The van der Waals surface area contributed by atoms with Gasteiger partial charge in [-0.3, -0.25) is 9.78 Å². The third kappa shape index (κ3) is 3.42. The molecular formula is C13H20N4O. The van der Waals surface area contributed by atoms with Gasteiger partial charge in [0.15, 0.2) is 0 Å². The second kappa shape index (κ2) is 5.80. The van der Waals surface area contributed by atoms with Crippen LogP contribution in [0.5, 0.6) is 0 Å². The fourth-order valence-electron chi connectivity index (χ4n) is 1.92. The van der Waals surface area contributed by atoms with Crippen LogP contribution < -0.4 is 10.6 Å². The molecule has 1 unspecified atom stereocenters. The molecule has 0 aromatic carbocycles. The van der Waals surface area contributed by atoms with Crippen molar-refractivity contribution in [2.24, 2.45) is 11.8 Å². The Balaban J connectivity index is 1.88. The fourth-order valence-corrected chi connectivity index (χ4v) is 1.92. The molecule has 2 rings (SSSR count). The van der Waals surface area contributed by atoms with E-state index < -0.39 is 0 Å². The first kappa shape index (κ1) is 12.8. The number of anilines is 1. The van der Waals surface area contributed by atoms with Gasteiger partial charge in [0.05, 0.1) is 12.4 Å². The summed E-state index contributed by atoms with van der Waals surface area (Å²) in [4.78, 5) is 20.1. The summed E-state index contributed by atoms with van der Waals surface area (Å²) < 4.78 is 0. The van der Waals surface area contributed by atoms with Gasteiger partial charge in [-0.2, -0.15) is 0 Å². The minimum absolute atomic E-state index is 0.144. The normalized spacial score (nSPS) is 16.1. The number of rotatable bonds is 6. The van der Waals surface area contributed by atoms with Gasteiger partial charge in [-0.05, 0) is 31.6 Å². The maximum Gasteiger partial charge on any atom is 0.271 e. The number of nitrogens with one attached hydrogen (secondary N) is 2. The van der Waals surface area contributed by atoms with Gasteiger partial charge in [0.25, 0.3) is 5.91 Å². The average Bonchev–Trinajstić information content (AvgIpc) is 3.20. The zero-order valence-electron chi connectivity index (χ0n) is 10.9. The van der Waals surface area contributed by atoms with Crippen LogP contribution in [0.3, 0.4) is 0 Å². The summed E-state index contributed by atoms with van der Waals surface area (Å²) in [6, 6.07) is 0. The molecule has 0 aliphatic heterocycles. The van der Waals surface area contributed by atoms with E-state index in [0.29, 0.717) is 17.4 Å². The molecule has 1 heterocycles. The Hall–Kier alpha value is -1.65. The van der Waals surface area contributed by atoms with E-state index in [4.69, 9.17) is 0 Å². The van der Waals surface area contributed by atoms with E-state index >= 15 is 0 Å². The monoisotopic (exact) mass is 248 g/mol. The van der Waals surface area contributed by atoms with E-state index in [9.17, 15) is 4.79 Å². The first-order valence-corrected chi connectivity index (χ1v) is 6.54. The van der Waals surface area contributed by atoms with E-state index in [-0.39, 0.29) is 5.91 Å². The van der Waals surface area contributed by atoms with Crippen molar-refractivity contribution in [2.45, 2.75) is 26.7 Å². The summed E-state index contributed by atoms with van der Waals surface area (Å²) in [7, 11) is 0. The maximum atomic E-state index is 11.9. The quantitative estimate of drug-likeness (QED) is 0.804. The van der Waals surface area contributed by atoms with Crippen molar-refractivity contribution < 1.29 is 4.79 Å². The van der Waals surface area contributed by atoms with Crippen LogP contribution in [-0.2, 0) is 0 Å². The summed E-state index contributed by atoms with van der Waals surface area (Å²) in [5.74, 6) is 1.85. The molecular weight excluding hydrogens is 228 g/mol. The zero-order chi connectivity index (χ0) is 13.0. The van der Waals surface area contributed by atoms with Gasteiger partial charge in [0.2, 0.25) is 0 Å². The Labute approximate surface area is 107 Å². The van der Waals surface area contributed by atoms with Crippen molar-refractivity contribution in [1.29, 1.82) is 0 Å². The minimum Gasteiger partial charge on any atom is -0.369 e. The summed E-state index contributed by atoms with van der Waals surface area (Å²) in [6.07, 6.45) is 5.71. The molecule has 1 aliphatic rings. The minimum atomic E-state index is -0.144. The van der Waals surface area contributed by atoms with Crippen LogP contribution in [0.2, 0.25) is 0 Å². The number of amides is 1. The Kier molecular flexibility index (Phi) is 4.12. The molecule has 1 atom stereocenters. The van der Waals surface area contributed by atoms with Crippen molar-refractivity contribution in [3.63, 3.8) is 0 Å². The molecule has 0 radical (unpaired) electrons. The van der Waals surface area contributed by atoms with Gasteiger partial charge in [-0.1, -0.05) is 6.92 Å². The van der Waals surface area contributed by atoms with Crippen LogP contribution in [0, 0.1) is 11.8 Å². The Morgan fingerprint density at radius 1 is 1.50 bits per heavy atom. The largest absolute Gasteiger partial charge is 0.369 e. The van der Waals surface area contributed by atoms with Gasteiger partial charge in [-0.25, -0.2) is 4.98 Å². The van der Waals surface area contributed by atoms with E-state index in [1.807, 2.05) is 6.92 Å². The van der Waals surface area contributed by atoms with E-state index in [0.717, 1.165) is 19.0 Å². The molecule has 1 aromatic heterocycles. The summed E-state index contributed by atoms with van der Waals surface area (Å²) >= 11 is 0. The first-order valence-electron chi connectivity index (χ1n) is 6.54. The highest BCUT2D eigenvalue weighted by Crippen LogP contribution is 2.36. The SMILES string of the molecule is CCNc1cncc(C(=O)NCC(C)C2CC2)n1. The predicted octanol–water partition coefficient (Wildman–Crippen LogP) is 1.68. The Bertz CT molecular complexity index is 417. The zero-order valence-corrected chi connectivity index (χ0v) is 10.9. The average molecular weight is 248 g/mol. The number of nitrogens with zero attached hydrogens (tertiary/aromatic N) is 2. The van der Waals surface area contributed by atoms with E-state index in [2.05, 4.69) is 27.5 Å². The van der Waals surface area contributed by atoms with Gasteiger partial charge in [0.1, 0.15) is 11.5 Å². The molecule has 0 saturated heterocycles. The number of hydrogen-bond donors (Lipinski definition) is 2. The first-order chi connectivity index (χ1) is 8.70. The highest BCUT2D eigenvalue weighted by atomic mass is 16.1. The number of aromatic nitrogens is 2. The lowest BCUT2D eigenvalue weighted by Gasteiger charge is -2.11. The molecule has 0 bridgehead atoms. The van der Waals surface area contributed by atoms with Gasteiger partial charge < -0.3 is 10.6 Å². The molecule has 0 spiro atoms. The molecule has 98 valence electrons. The summed E-state index contributed by atoms with van der Waals surface area (Å²) in [5.41, 5.74) is 0.372. The van der Waals surface area contributed by atoms with Gasteiger partial charge >= 0.3 is 0 Å².